The monoisotopic (exact) mass is 318 g/mol. The van der Waals surface area contributed by atoms with Crippen LogP contribution in [0.25, 0.3) is 10.9 Å². The number of nitrogens with two attached hydrogens (primary N) is 1. The van der Waals surface area contributed by atoms with Crippen molar-refractivity contribution in [3.63, 3.8) is 0 Å². The average molecular weight is 319 g/mol. The number of nitrogen functional groups attached to an aromatic ring is 1. The number of ketones is 1. The maximum absolute atomic E-state index is 12.7. The number of benzene rings is 2. The van der Waals surface area contributed by atoms with Crippen molar-refractivity contribution in [2.75, 3.05) is 5.73 Å². The van der Waals surface area contributed by atoms with Crippen molar-refractivity contribution < 1.29 is 4.79 Å². The SMILES string of the molecule is Cn1cc(C(=O)c2ccc(Cl)cc2N)c2ccc(Cl)cc21. The molecule has 106 valence electrons. The van der Waals surface area contributed by atoms with E-state index in [1.54, 1.807) is 30.5 Å². The Morgan fingerprint density at radius 3 is 2.43 bits per heavy atom. The van der Waals surface area contributed by atoms with E-state index in [1.807, 2.05) is 23.7 Å². The lowest BCUT2D eigenvalue weighted by Gasteiger charge is -2.04. The molecule has 0 spiro atoms. The zero-order valence-electron chi connectivity index (χ0n) is 11.2. The van der Waals surface area contributed by atoms with Crippen LogP contribution < -0.4 is 5.73 Å². The lowest BCUT2D eigenvalue weighted by molar-refractivity contribution is 0.104. The summed E-state index contributed by atoms with van der Waals surface area (Å²) in [6.45, 7) is 0. The summed E-state index contributed by atoms with van der Waals surface area (Å²) < 4.78 is 1.88. The van der Waals surface area contributed by atoms with E-state index in [0.29, 0.717) is 26.9 Å². The normalized spacial score (nSPS) is 11.0. The molecule has 0 aliphatic heterocycles. The number of carbonyl (C=O) groups excluding carboxylic acids is 1. The van der Waals surface area contributed by atoms with Crippen molar-refractivity contribution in [2.45, 2.75) is 0 Å². The summed E-state index contributed by atoms with van der Waals surface area (Å²) in [4.78, 5) is 12.7. The first-order chi connectivity index (χ1) is 9.97. The van der Waals surface area contributed by atoms with E-state index in [1.165, 1.54) is 0 Å². The van der Waals surface area contributed by atoms with E-state index in [-0.39, 0.29) is 5.78 Å². The second-order valence-electron chi connectivity index (χ2n) is 4.88. The quantitative estimate of drug-likeness (QED) is 0.565. The fourth-order valence-electron chi connectivity index (χ4n) is 2.42. The Labute approximate surface area is 131 Å². The van der Waals surface area contributed by atoms with Gasteiger partial charge in [0.25, 0.3) is 0 Å². The molecule has 0 bridgehead atoms. The minimum atomic E-state index is -0.128. The second-order valence-corrected chi connectivity index (χ2v) is 5.75. The van der Waals surface area contributed by atoms with Crippen LogP contribution >= 0.6 is 23.2 Å². The fraction of sp³-hybridized carbons (Fsp3) is 0.0625. The van der Waals surface area contributed by atoms with Crippen LogP contribution in [-0.4, -0.2) is 10.4 Å². The van der Waals surface area contributed by atoms with Crippen LogP contribution in [0.1, 0.15) is 15.9 Å². The molecule has 0 saturated heterocycles. The maximum Gasteiger partial charge on any atom is 0.197 e. The molecule has 3 nitrogen and oxygen atoms in total. The molecule has 0 aliphatic carbocycles. The summed E-state index contributed by atoms with van der Waals surface area (Å²) in [6.07, 6.45) is 1.79. The van der Waals surface area contributed by atoms with Gasteiger partial charge in [-0.1, -0.05) is 29.3 Å². The summed E-state index contributed by atoms with van der Waals surface area (Å²) >= 11 is 11.9. The van der Waals surface area contributed by atoms with Crippen LogP contribution in [0.4, 0.5) is 5.69 Å². The van der Waals surface area contributed by atoms with E-state index in [9.17, 15) is 4.79 Å². The van der Waals surface area contributed by atoms with Crippen molar-refractivity contribution in [2.24, 2.45) is 7.05 Å². The summed E-state index contributed by atoms with van der Waals surface area (Å²) in [7, 11) is 1.88. The first kappa shape index (κ1) is 14.0. The Kier molecular flexibility index (Phi) is 3.40. The van der Waals surface area contributed by atoms with Gasteiger partial charge in [0.05, 0.1) is 0 Å². The zero-order chi connectivity index (χ0) is 15.1. The smallest absolute Gasteiger partial charge is 0.197 e. The molecule has 0 aliphatic rings. The van der Waals surface area contributed by atoms with Gasteiger partial charge < -0.3 is 10.3 Å². The molecule has 0 unspecified atom stereocenters. The van der Waals surface area contributed by atoms with Gasteiger partial charge in [-0.3, -0.25) is 4.79 Å². The topological polar surface area (TPSA) is 48.0 Å². The van der Waals surface area contributed by atoms with Crippen LogP contribution in [0.3, 0.4) is 0 Å². The maximum atomic E-state index is 12.7. The number of halogens is 2. The lowest BCUT2D eigenvalue weighted by atomic mass is 10.0. The average Bonchev–Trinajstić information content (AvgIpc) is 2.75. The molecule has 0 saturated carbocycles. The highest BCUT2D eigenvalue weighted by Gasteiger charge is 2.18. The largest absolute Gasteiger partial charge is 0.398 e. The summed E-state index contributed by atoms with van der Waals surface area (Å²) in [5.74, 6) is -0.128. The van der Waals surface area contributed by atoms with Crippen LogP contribution in [0.15, 0.2) is 42.6 Å². The first-order valence-corrected chi connectivity index (χ1v) is 7.07. The minimum absolute atomic E-state index is 0.128. The highest BCUT2D eigenvalue weighted by molar-refractivity contribution is 6.32. The van der Waals surface area contributed by atoms with E-state index < -0.39 is 0 Å². The molecule has 3 rings (SSSR count). The Morgan fingerprint density at radius 1 is 1.05 bits per heavy atom. The highest BCUT2D eigenvalue weighted by Crippen LogP contribution is 2.28. The van der Waals surface area contributed by atoms with Crippen LogP contribution in [-0.2, 0) is 7.05 Å². The number of hydrogen-bond acceptors (Lipinski definition) is 2. The van der Waals surface area contributed by atoms with Crippen LogP contribution in [0, 0.1) is 0 Å². The van der Waals surface area contributed by atoms with E-state index in [4.69, 9.17) is 28.9 Å². The fourth-order valence-corrected chi connectivity index (χ4v) is 2.77. The van der Waals surface area contributed by atoms with Crippen molar-refractivity contribution in [1.82, 2.24) is 4.57 Å². The third-order valence-electron chi connectivity index (χ3n) is 3.46. The molecule has 2 N–H and O–H groups in total. The predicted octanol–water partition coefficient (Wildman–Crippen LogP) is 4.30. The van der Waals surface area contributed by atoms with Gasteiger partial charge in [0, 0.05) is 51.0 Å². The second kappa shape index (κ2) is 5.10. The Hall–Kier alpha value is -1.97. The number of aryl methyl sites for hydroxylation is 1. The van der Waals surface area contributed by atoms with Gasteiger partial charge in [0.2, 0.25) is 0 Å². The molecule has 0 atom stereocenters. The molecule has 0 radical (unpaired) electrons. The molecule has 3 aromatic rings. The first-order valence-electron chi connectivity index (χ1n) is 6.31. The molecular formula is C16H12Cl2N2O. The van der Waals surface area contributed by atoms with Crippen molar-refractivity contribution in [3.05, 3.63) is 63.8 Å². The van der Waals surface area contributed by atoms with Crippen molar-refractivity contribution in [1.29, 1.82) is 0 Å². The molecule has 5 heteroatoms. The van der Waals surface area contributed by atoms with Gasteiger partial charge in [-0.05, 0) is 30.3 Å². The lowest BCUT2D eigenvalue weighted by Crippen LogP contribution is -2.04. The minimum Gasteiger partial charge on any atom is -0.398 e. The number of anilines is 1. The Bertz CT molecular complexity index is 868. The molecule has 1 heterocycles. The summed E-state index contributed by atoms with van der Waals surface area (Å²) in [5.41, 5.74) is 8.22. The van der Waals surface area contributed by atoms with Gasteiger partial charge in [0.15, 0.2) is 5.78 Å². The molecule has 2 aromatic carbocycles. The van der Waals surface area contributed by atoms with Gasteiger partial charge >= 0.3 is 0 Å². The number of nitrogens with zero attached hydrogens (tertiary/aromatic N) is 1. The number of fused-ring (bicyclic) bond motifs is 1. The third-order valence-corrected chi connectivity index (χ3v) is 3.93. The van der Waals surface area contributed by atoms with E-state index in [0.717, 1.165) is 10.9 Å². The van der Waals surface area contributed by atoms with E-state index in [2.05, 4.69) is 0 Å². The standard InChI is InChI=1S/C16H12Cl2N2O/c1-20-8-13(11-4-2-10(18)7-15(11)20)16(21)12-5-3-9(17)6-14(12)19/h2-8H,19H2,1H3. The van der Waals surface area contributed by atoms with Crippen LogP contribution in [0.5, 0.6) is 0 Å². The molecule has 0 amide bonds. The van der Waals surface area contributed by atoms with Gasteiger partial charge in [0.1, 0.15) is 0 Å². The van der Waals surface area contributed by atoms with Crippen molar-refractivity contribution in [3.8, 4) is 0 Å². The zero-order valence-corrected chi connectivity index (χ0v) is 12.7. The van der Waals surface area contributed by atoms with Gasteiger partial charge in [-0.15, -0.1) is 0 Å². The number of carbonyl (C=O) groups is 1. The summed E-state index contributed by atoms with van der Waals surface area (Å²) in [5, 5.41) is 1.99. The number of rotatable bonds is 2. The summed E-state index contributed by atoms with van der Waals surface area (Å²) in [6, 6.07) is 10.3. The van der Waals surface area contributed by atoms with Gasteiger partial charge in [-0.25, -0.2) is 0 Å². The number of hydrogen-bond donors (Lipinski definition) is 1. The predicted molar refractivity (Wildman–Crippen MR) is 87.2 cm³/mol. The number of aromatic nitrogens is 1. The molecule has 1 aromatic heterocycles. The highest BCUT2D eigenvalue weighted by atomic mass is 35.5. The van der Waals surface area contributed by atoms with Crippen molar-refractivity contribution >= 4 is 45.6 Å². The Morgan fingerprint density at radius 2 is 1.71 bits per heavy atom. The van der Waals surface area contributed by atoms with E-state index >= 15 is 0 Å². The Balaban J connectivity index is 2.18. The third kappa shape index (κ3) is 2.39. The van der Waals surface area contributed by atoms with Crippen LogP contribution in [0.2, 0.25) is 10.0 Å². The molecule has 21 heavy (non-hydrogen) atoms. The molecule has 0 fully saturated rings. The van der Waals surface area contributed by atoms with Gasteiger partial charge in [-0.2, -0.15) is 0 Å². The molecular weight excluding hydrogens is 307 g/mol.